The lowest BCUT2D eigenvalue weighted by Gasteiger charge is -2.19. The summed E-state index contributed by atoms with van der Waals surface area (Å²) in [6, 6.07) is 11.5. The number of carbonyl (C=O) groups excluding carboxylic acids is 1. The van der Waals surface area contributed by atoms with Crippen molar-refractivity contribution in [2.24, 2.45) is 13.0 Å². The lowest BCUT2D eigenvalue weighted by atomic mass is 10.1. The molecule has 1 N–H and O–H groups in total. The molecule has 168 valence electrons. The molecule has 1 aromatic heterocycles. The largest absolute Gasteiger partial charge is 0.371 e. The summed E-state index contributed by atoms with van der Waals surface area (Å²) in [5, 5.41) is 32.0. The third kappa shape index (κ3) is 4.80. The Bertz CT molecular complexity index is 1270. The minimum Gasteiger partial charge on any atom is -0.371 e. The van der Waals surface area contributed by atoms with E-state index in [1.807, 2.05) is 6.07 Å². The molecule has 0 radical (unpaired) electrons. The van der Waals surface area contributed by atoms with E-state index in [0.29, 0.717) is 27.2 Å². The van der Waals surface area contributed by atoms with Gasteiger partial charge in [-0.25, -0.2) is 0 Å². The fourth-order valence-corrected chi connectivity index (χ4v) is 4.52. The second kappa shape index (κ2) is 9.30. The molecule has 2 heterocycles. The van der Waals surface area contributed by atoms with Crippen molar-refractivity contribution in [3.8, 4) is 6.07 Å². The van der Waals surface area contributed by atoms with Crippen LogP contribution in [0.5, 0.6) is 0 Å². The van der Waals surface area contributed by atoms with Gasteiger partial charge in [0, 0.05) is 42.9 Å². The molecule has 11 heteroatoms. The summed E-state index contributed by atoms with van der Waals surface area (Å²) in [4.78, 5) is 26.6. The SMILES string of the molecule is C[C@@H]1CCN(c2ccc(NC(=O)c3cc([N+](=O)[O-])ccc3Sc3nncn3C)c(C#N)c2)C1. The lowest BCUT2D eigenvalue weighted by Crippen LogP contribution is -2.19. The first-order chi connectivity index (χ1) is 15.9. The number of aromatic nitrogens is 3. The minimum absolute atomic E-state index is 0.110. The Hall–Kier alpha value is -3.91. The van der Waals surface area contributed by atoms with Crippen molar-refractivity contribution < 1.29 is 9.72 Å². The minimum atomic E-state index is -0.555. The van der Waals surface area contributed by atoms with E-state index in [4.69, 9.17) is 0 Å². The molecule has 33 heavy (non-hydrogen) atoms. The molecule has 10 nitrogen and oxygen atoms in total. The van der Waals surface area contributed by atoms with Crippen LogP contribution in [-0.2, 0) is 7.05 Å². The van der Waals surface area contributed by atoms with Gasteiger partial charge in [-0.05, 0) is 48.4 Å². The number of aryl methyl sites for hydroxylation is 1. The molecule has 1 aliphatic rings. The summed E-state index contributed by atoms with van der Waals surface area (Å²) in [6.07, 6.45) is 2.62. The molecule has 0 unspecified atom stereocenters. The highest BCUT2D eigenvalue weighted by atomic mass is 32.2. The molecule has 1 atom stereocenters. The maximum Gasteiger partial charge on any atom is 0.270 e. The number of nitro benzene ring substituents is 1. The third-order valence-corrected chi connectivity index (χ3v) is 6.58. The second-order valence-electron chi connectivity index (χ2n) is 7.90. The summed E-state index contributed by atoms with van der Waals surface area (Å²) < 4.78 is 1.68. The Morgan fingerprint density at radius 3 is 2.79 bits per heavy atom. The van der Waals surface area contributed by atoms with Gasteiger partial charge in [0.2, 0.25) is 0 Å². The van der Waals surface area contributed by atoms with Crippen molar-refractivity contribution in [1.82, 2.24) is 14.8 Å². The molecule has 1 fully saturated rings. The first-order valence-electron chi connectivity index (χ1n) is 10.3. The van der Waals surface area contributed by atoms with Crippen LogP contribution >= 0.6 is 11.8 Å². The number of carbonyl (C=O) groups is 1. The fourth-order valence-electron chi connectivity index (χ4n) is 3.65. The highest BCUT2D eigenvalue weighted by Crippen LogP contribution is 2.33. The summed E-state index contributed by atoms with van der Waals surface area (Å²) in [5.41, 5.74) is 1.51. The van der Waals surface area contributed by atoms with Gasteiger partial charge in [0.25, 0.3) is 11.6 Å². The van der Waals surface area contributed by atoms with E-state index < -0.39 is 10.8 Å². The zero-order chi connectivity index (χ0) is 23.5. The number of amides is 1. The summed E-state index contributed by atoms with van der Waals surface area (Å²) >= 11 is 1.17. The van der Waals surface area contributed by atoms with Crippen molar-refractivity contribution in [3.05, 3.63) is 64.0 Å². The molecule has 0 bridgehead atoms. The number of nitro groups is 1. The van der Waals surface area contributed by atoms with E-state index in [2.05, 4.69) is 33.4 Å². The van der Waals surface area contributed by atoms with Crippen molar-refractivity contribution in [2.45, 2.75) is 23.4 Å². The monoisotopic (exact) mass is 463 g/mol. The highest BCUT2D eigenvalue weighted by molar-refractivity contribution is 7.99. The first kappa shape index (κ1) is 22.3. The quantitative estimate of drug-likeness (QED) is 0.431. The van der Waals surface area contributed by atoms with Crippen LogP contribution in [0.3, 0.4) is 0 Å². The third-order valence-electron chi connectivity index (χ3n) is 5.45. The zero-order valence-electron chi connectivity index (χ0n) is 18.1. The molecule has 4 rings (SSSR count). The van der Waals surface area contributed by atoms with Gasteiger partial charge in [-0.1, -0.05) is 6.92 Å². The lowest BCUT2D eigenvalue weighted by molar-refractivity contribution is -0.384. The normalized spacial score (nSPS) is 15.3. The number of nitriles is 1. The Balaban J connectivity index is 1.63. The van der Waals surface area contributed by atoms with Gasteiger partial charge >= 0.3 is 0 Å². The Morgan fingerprint density at radius 2 is 2.15 bits per heavy atom. The summed E-state index contributed by atoms with van der Waals surface area (Å²) in [7, 11) is 1.76. The second-order valence-corrected chi connectivity index (χ2v) is 8.91. The summed E-state index contributed by atoms with van der Waals surface area (Å²) in [5.74, 6) is 0.0380. The van der Waals surface area contributed by atoms with Gasteiger partial charge in [0.05, 0.1) is 21.7 Å². The van der Waals surface area contributed by atoms with Gasteiger partial charge in [-0.15, -0.1) is 10.2 Å². The number of rotatable bonds is 6. The van der Waals surface area contributed by atoms with E-state index in [-0.39, 0.29) is 11.3 Å². The number of benzene rings is 2. The molecule has 3 aromatic rings. The van der Waals surface area contributed by atoms with Crippen molar-refractivity contribution in [2.75, 3.05) is 23.3 Å². The molecule has 1 aliphatic heterocycles. The van der Waals surface area contributed by atoms with Gasteiger partial charge in [-0.2, -0.15) is 5.26 Å². The van der Waals surface area contributed by atoms with E-state index in [1.54, 1.807) is 23.7 Å². The standard InChI is InChI=1S/C22H21N7O3S/c1-14-7-8-28(12-14)16-3-5-19(15(9-16)11-23)25-21(30)18-10-17(29(31)32)4-6-20(18)33-22-26-24-13-27(22)2/h3-6,9-10,13-14H,7-8,12H2,1-2H3,(H,25,30)/t14-/m1/s1. The average Bonchev–Trinajstić information content (AvgIpc) is 3.42. The van der Waals surface area contributed by atoms with Crippen LogP contribution in [0, 0.1) is 27.4 Å². The van der Waals surface area contributed by atoms with Crippen LogP contribution in [0.2, 0.25) is 0 Å². The number of hydrogen-bond donors (Lipinski definition) is 1. The van der Waals surface area contributed by atoms with Crippen LogP contribution in [-0.4, -0.2) is 38.7 Å². The van der Waals surface area contributed by atoms with Gasteiger partial charge < -0.3 is 14.8 Å². The number of nitrogens with zero attached hydrogens (tertiary/aromatic N) is 6. The summed E-state index contributed by atoms with van der Waals surface area (Å²) in [6.45, 7) is 4.04. The van der Waals surface area contributed by atoms with Crippen molar-refractivity contribution in [3.63, 3.8) is 0 Å². The average molecular weight is 464 g/mol. The van der Waals surface area contributed by atoms with Gasteiger partial charge in [-0.3, -0.25) is 14.9 Å². The number of hydrogen-bond acceptors (Lipinski definition) is 8. The van der Waals surface area contributed by atoms with Crippen LogP contribution in [0.4, 0.5) is 17.1 Å². The first-order valence-corrected chi connectivity index (χ1v) is 11.1. The molecule has 0 aliphatic carbocycles. The molecule has 1 amide bonds. The van der Waals surface area contributed by atoms with Crippen LogP contribution in [0.1, 0.15) is 29.3 Å². The number of nitrogens with one attached hydrogen (secondary N) is 1. The van der Waals surface area contributed by atoms with E-state index >= 15 is 0 Å². The maximum absolute atomic E-state index is 13.2. The molecule has 2 aromatic carbocycles. The van der Waals surface area contributed by atoms with Gasteiger partial charge in [0.1, 0.15) is 12.4 Å². The zero-order valence-corrected chi connectivity index (χ0v) is 18.9. The van der Waals surface area contributed by atoms with Crippen molar-refractivity contribution >= 4 is 34.7 Å². The van der Waals surface area contributed by atoms with Crippen LogP contribution in [0.25, 0.3) is 0 Å². The van der Waals surface area contributed by atoms with Crippen LogP contribution < -0.4 is 10.2 Å². The number of non-ortho nitro benzene ring substituents is 1. The van der Waals surface area contributed by atoms with E-state index in [9.17, 15) is 20.2 Å². The van der Waals surface area contributed by atoms with Crippen molar-refractivity contribution in [1.29, 1.82) is 5.26 Å². The molecular formula is C22H21N7O3S. The molecule has 0 saturated carbocycles. The van der Waals surface area contributed by atoms with E-state index in [0.717, 1.165) is 25.2 Å². The van der Waals surface area contributed by atoms with Crippen LogP contribution in [0.15, 0.2) is 52.8 Å². The van der Waals surface area contributed by atoms with Gasteiger partial charge in [0.15, 0.2) is 5.16 Å². The predicted molar refractivity (Wildman–Crippen MR) is 123 cm³/mol. The molecule has 0 spiro atoms. The molecule has 1 saturated heterocycles. The Morgan fingerprint density at radius 1 is 1.33 bits per heavy atom. The smallest absolute Gasteiger partial charge is 0.270 e. The maximum atomic E-state index is 13.2. The predicted octanol–water partition coefficient (Wildman–Crippen LogP) is 3.84. The Labute approximate surface area is 194 Å². The fraction of sp³-hybridized carbons (Fsp3) is 0.273. The number of anilines is 2. The van der Waals surface area contributed by atoms with E-state index in [1.165, 1.54) is 36.3 Å². The topological polar surface area (TPSA) is 130 Å². The Kier molecular flexibility index (Phi) is 6.28. The molecular weight excluding hydrogens is 442 g/mol. The highest BCUT2D eigenvalue weighted by Gasteiger charge is 2.22.